The summed E-state index contributed by atoms with van der Waals surface area (Å²) in [6.07, 6.45) is -1.94. The normalized spacial score (nSPS) is 14.8. The molecule has 3 aromatic heterocycles. The molecular weight excluding hydrogens is 579 g/mol. The van der Waals surface area contributed by atoms with Crippen LogP contribution in [0.3, 0.4) is 0 Å². The Morgan fingerprint density at radius 3 is 2.48 bits per heavy atom. The van der Waals surface area contributed by atoms with Crippen molar-refractivity contribution in [3.05, 3.63) is 41.1 Å². The predicted octanol–water partition coefficient (Wildman–Crippen LogP) is 4.68. The highest BCUT2D eigenvalue weighted by Crippen LogP contribution is 2.48. The Labute approximate surface area is 225 Å². The molecule has 1 aliphatic carbocycles. The van der Waals surface area contributed by atoms with E-state index in [2.05, 4.69) is 26.0 Å². The summed E-state index contributed by atoms with van der Waals surface area (Å²) < 4.78 is 104. The number of carbonyl (C=O) groups is 1. The van der Waals surface area contributed by atoms with E-state index in [0.29, 0.717) is 22.2 Å². The Morgan fingerprint density at radius 1 is 1.25 bits per heavy atom. The maximum Gasteiger partial charge on any atom is 0.459 e. The number of hydrogen-bond acceptors (Lipinski definition) is 7. The number of nitriles is 1. The van der Waals surface area contributed by atoms with Crippen LogP contribution in [0.4, 0.5) is 30.7 Å². The second kappa shape index (κ2) is 10.2. The number of halogens is 8. The molecule has 0 radical (unpaired) electrons. The van der Waals surface area contributed by atoms with Gasteiger partial charge in [-0.05, 0) is 18.9 Å². The number of aromatic nitrogens is 5. The van der Waals surface area contributed by atoms with Crippen LogP contribution in [0.1, 0.15) is 28.9 Å². The van der Waals surface area contributed by atoms with Gasteiger partial charge in [-0.25, -0.2) is 14.3 Å². The van der Waals surface area contributed by atoms with Crippen LogP contribution < -0.4 is 4.74 Å². The van der Waals surface area contributed by atoms with Crippen molar-refractivity contribution in [3.63, 3.8) is 0 Å². The summed E-state index contributed by atoms with van der Waals surface area (Å²) in [5.41, 5.74) is -2.97. The molecule has 0 spiro atoms. The lowest BCUT2D eigenvalue weighted by molar-refractivity contribution is -0.291. The number of aryl methyl sites for hydroxylation is 1. The minimum Gasteiger partial charge on any atom is -0.428 e. The highest BCUT2D eigenvalue weighted by molar-refractivity contribution is 6.32. The molecule has 3 aromatic rings. The molecule has 1 saturated carbocycles. The fourth-order valence-electron chi connectivity index (χ4n) is 3.84. The first-order chi connectivity index (χ1) is 18.7. The van der Waals surface area contributed by atoms with Gasteiger partial charge in [0.2, 0.25) is 0 Å². The third-order valence-corrected chi connectivity index (χ3v) is 6.29. The Bertz CT molecular complexity index is 1480. The molecule has 10 nitrogen and oxygen atoms in total. The third-order valence-electron chi connectivity index (χ3n) is 5.99. The summed E-state index contributed by atoms with van der Waals surface area (Å²) in [7, 11) is 2.26. The van der Waals surface area contributed by atoms with Crippen LogP contribution in [0.15, 0.2) is 24.7 Å². The zero-order valence-electron chi connectivity index (χ0n) is 20.4. The Hall–Kier alpha value is -3.91. The fraction of sp³-hybridized carbons (Fsp3) is 0.409. The van der Waals surface area contributed by atoms with Crippen molar-refractivity contribution >= 4 is 17.5 Å². The summed E-state index contributed by atoms with van der Waals surface area (Å²) >= 11 is 6.14. The van der Waals surface area contributed by atoms with Crippen molar-refractivity contribution in [3.8, 4) is 28.8 Å². The van der Waals surface area contributed by atoms with E-state index in [0.717, 1.165) is 19.4 Å². The Balaban J connectivity index is 1.76. The standard InChI is InChI=1S/C22H17ClF7N7O3/c1-35-17(14(40-19(24)25)15(34-35)21(26,27)22(28,29)30)37-8-12(7-33-37)11-5-13(16(23)32-6-11)18(38)36(10-39-2)20(9-31)3-4-20/h5-8,19H,3-4,10H2,1-2H3. The first-order valence-corrected chi connectivity index (χ1v) is 11.4. The van der Waals surface area contributed by atoms with Gasteiger partial charge in [-0.1, -0.05) is 11.6 Å². The number of nitrogens with zero attached hydrogens (tertiary/aromatic N) is 7. The number of carbonyl (C=O) groups excluding carboxylic acids is 1. The number of methoxy groups -OCH3 is 1. The van der Waals surface area contributed by atoms with Crippen molar-refractivity contribution in [2.24, 2.45) is 7.05 Å². The van der Waals surface area contributed by atoms with Gasteiger partial charge >= 0.3 is 18.7 Å². The quantitative estimate of drug-likeness (QED) is 0.201. The van der Waals surface area contributed by atoms with Gasteiger partial charge in [-0.15, -0.1) is 0 Å². The van der Waals surface area contributed by atoms with Crippen molar-refractivity contribution in [1.82, 2.24) is 29.4 Å². The third kappa shape index (κ3) is 5.04. The summed E-state index contributed by atoms with van der Waals surface area (Å²) in [5, 5.41) is 16.3. The maximum atomic E-state index is 14.1. The van der Waals surface area contributed by atoms with Crippen LogP contribution >= 0.6 is 11.6 Å². The first kappa shape index (κ1) is 29.1. The number of pyridine rings is 1. The van der Waals surface area contributed by atoms with E-state index in [9.17, 15) is 40.8 Å². The summed E-state index contributed by atoms with van der Waals surface area (Å²) in [6.45, 7) is -3.99. The molecular formula is C22H17ClF7N7O3. The zero-order chi connectivity index (χ0) is 29.6. The average Bonchev–Trinajstić information content (AvgIpc) is 3.40. The van der Waals surface area contributed by atoms with Crippen molar-refractivity contribution in [1.29, 1.82) is 5.26 Å². The zero-order valence-corrected chi connectivity index (χ0v) is 21.1. The highest BCUT2D eigenvalue weighted by atomic mass is 35.5. The topological polar surface area (TPSA) is 111 Å². The van der Waals surface area contributed by atoms with Crippen LogP contribution in [0.2, 0.25) is 5.15 Å². The molecule has 0 atom stereocenters. The molecule has 3 heterocycles. The smallest absolute Gasteiger partial charge is 0.428 e. The van der Waals surface area contributed by atoms with Gasteiger partial charge in [0, 0.05) is 37.7 Å². The van der Waals surface area contributed by atoms with E-state index >= 15 is 0 Å². The van der Waals surface area contributed by atoms with Crippen LogP contribution in [-0.4, -0.2) is 67.5 Å². The average molecular weight is 596 g/mol. The summed E-state index contributed by atoms with van der Waals surface area (Å²) in [5.74, 6) is -8.61. The molecule has 40 heavy (non-hydrogen) atoms. The second-order valence-corrected chi connectivity index (χ2v) is 8.96. The van der Waals surface area contributed by atoms with Crippen molar-refractivity contribution in [2.75, 3.05) is 13.8 Å². The molecule has 1 fully saturated rings. The van der Waals surface area contributed by atoms with Crippen LogP contribution in [0, 0.1) is 11.3 Å². The number of alkyl halides is 7. The minimum atomic E-state index is -6.16. The van der Waals surface area contributed by atoms with E-state index in [1.807, 2.05) is 0 Å². The van der Waals surface area contributed by atoms with Gasteiger partial charge in [-0.3, -0.25) is 9.69 Å². The SMILES string of the molecule is COCN(C(=O)c1cc(-c2cnn(-c3c(OC(F)F)c(C(F)(F)C(F)(F)F)nn3C)c2)cnc1Cl)C1(C#N)CC1. The number of ether oxygens (including phenoxy) is 2. The Morgan fingerprint density at radius 2 is 1.93 bits per heavy atom. The van der Waals surface area contributed by atoms with Gasteiger partial charge < -0.3 is 9.47 Å². The first-order valence-electron chi connectivity index (χ1n) is 11.1. The van der Waals surface area contributed by atoms with Crippen molar-refractivity contribution < 1.29 is 45.0 Å². The lowest BCUT2D eigenvalue weighted by Gasteiger charge is -2.26. The minimum absolute atomic E-state index is 0.125. The number of rotatable bonds is 9. The molecule has 214 valence electrons. The lowest BCUT2D eigenvalue weighted by atomic mass is 10.1. The van der Waals surface area contributed by atoms with E-state index in [1.165, 1.54) is 24.3 Å². The van der Waals surface area contributed by atoms with Crippen molar-refractivity contribution in [2.45, 2.75) is 37.1 Å². The molecule has 1 amide bonds. The molecule has 0 aromatic carbocycles. The lowest BCUT2D eigenvalue weighted by Crippen LogP contribution is -2.42. The Kier molecular flexibility index (Phi) is 7.45. The number of amides is 1. The molecule has 0 unspecified atom stereocenters. The largest absolute Gasteiger partial charge is 0.459 e. The fourth-order valence-corrected chi connectivity index (χ4v) is 4.02. The molecule has 1 aliphatic rings. The molecule has 18 heteroatoms. The number of hydrogen-bond donors (Lipinski definition) is 0. The van der Waals surface area contributed by atoms with E-state index in [4.69, 9.17) is 16.3 Å². The molecule has 0 aliphatic heterocycles. The van der Waals surface area contributed by atoms with Gasteiger partial charge in [0.1, 0.15) is 17.4 Å². The van der Waals surface area contributed by atoms with Gasteiger partial charge in [0.15, 0.2) is 17.3 Å². The van der Waals surface area contributed by atoms with E-state index < -0.39 is 47.4 Å². The highest BCUT2D eigenvalue weighted by Gasteiger charge is 2.62. The molecule has 0 bridgehead atoms. The summed E-state index contributed by atoms with van der Waals surface area (Å²) in [4.78, 5) is 18.4. The monoisotopic (exact) mass is 595 g/mol. The molecule has 4 rings (SSSR count). The molecule has 0 N–H and O–H groups in total. The second-order valence-electron chi connectivity index (χ2n) is 8.61. The van der Waals surface area contributed by atoms with Gasteiger partial charge in [0.25, 0.3) is 5.91 Å². The van der Waals surface area contributed by atoms with Gasteiger partial charge in [-0.2, -0.15) is 46.2 Å². The maximum absolute atomic E-state index is 14.1. The van der Waals surface area contributed by atoms with Gasteiger partial charge in [0.05, 0.1) is 17.8 Å². The molecule has 0 saturated heterocycles. The predicted molar refractivity (Wildman–Crippen MR) is 121 cm³/mol. The van der Waals surface area contributed by atoms with Crippen LogP contribution in [0.25, 0.3) is 16.9 Å². The van der Waals surface area contributed by atoms with E-state index in [1.54, 1.807) is 0 Å². The van der Waals surface area contributed by atoms with Crippen LogP contribution in [-0.2, 0) is 17.7 Å². The van der Waals surface area contributed by atoms with E-state index in [-0.39, 0.29) is 28.6 Å². The van der Waals surface area contributed by atoms with Crippen LogP contribution in [0.5, 0.6) is 5.75 Å². The summed E-state index contributed by atoms with van der Waals surface area (Å²) in [6, 6.07) is 3.36.